The summed E-state index contributed by atoms with van der Waals surface area (Å²) in [5.74, 6) is 0.572. The van der Waals surface area contributed by atoms with Crippen LogP contribution in [0.5, 0.6) is 5.75 Å². The number of anilines is 1. The second-order valence-electron chi connectivity index (χ2n) is 5.69. The lowest BCUT2D eigenvalue weighted by Gasteiger charge is -2.23. The molecule has 1 atom stereocenters. The van der Waals surface area contributed by atoms with E-state index in [2.05, 4.69) is 5.32 Å². The Morgan fingerprint density at radius 2 is 2.04 bits per heavy atom. The maximum Gasteiger partial charge on any atom is 0.292 e. The van der Waals surface area contributed by atoms with Crippen LogP contribution >= 0.6 is 0 Å². The van der Waals surface area contributed by atoms with Crippen LogP contribution in [0, 0.1) is 10.1 Å². The normalized spacial score (nSPS) is 17.2. The van der Waals surface area contributed by atoms with Crippen molar-refractivity contribution >= 4 is 11.4 Å². The third-order valence-corrected chi connectivity index (χ3v) is 3.90. The topological polar surface area (TPSA) is 73.6 Å². The lowest BCUT2D eigenvalue weighted by Crippen LogP contribution is -2.25. The fourth-order valence-corrected chi connectivity index (χ4v) is 2.64. The number of nitrogens with one attached hydrogen (secondary N) is 1. The molecule has 1 aliphatic rings. The SMILES string of the molecule is O=[N+]([O-])c1ccc(OC2CCCCO2)cc1NCc1ccccc1. The van der Waals surface area contributed by atoms with E-state index in [1.54, 1.807) is 12.1 Å². The van der Waals surface area contributed by atoms with Gasteiger partial charge >= 0.3 is 0 Å². The average molecular weight is 328 g/mol. The van der Waals surface area contributed by atoms with Crippen molar-refractivity contribution in [2.24, 2.45) is 0 Å². The zero-order valence-electron chi connectivity index (χ0n) is 13.3. The molecule has 0 spiro atoms. The summed E-state index contributed by atoms with van der Waals surface area (Å²) in [5, 5.41) is 14.4. The minimum Gasteiger partial charge on any atom is -0.465 e. The molecule has 6 heteroatoms. The molecule has 1 saturated heterocycles. The molecule has 0 amide bonds. The number of benzene rings is 2. The minimum atomic E-state index is -0.395. The Morgan fingerprint density at radius 3 is 2.75 bits per heavy atom. The van der Waals surface area contributed by atoms with Crippen LogP contribution in [-0.4, -0.2) is 17.8 Å². The maximum atomic E-state index is 11.2. The second-order valence-corrected chi connectivity index (χ2v) is 5.69. The molecule has 0 radical (unpaired) electrons. The van der Waals surface area contributed by atoms with Gasteiger partial charge in [-0.15, -0.1) is 0 Å². The van der Waals surface area contributed by atoms with E-state index in [-0.39, 0.29) is 12.0 Å². The molecular formula is C18H20N2O4. The third kappa shape index (κ3) is 4.23. The van der Waals surface area contributed by atoms with E-state index < -0.39 is 4.92 Å². The highest BCUT2D eigenvalue weighted by atomic mass is 16.7. The summed E-state index contributed by atoms with van der Waals surface area (Å²) in [7, 11) is 0. The van der Waals surface area contributed by atoms with Gasteiger partial charge in [0.15, 0.2) is 6.29 Å². The average Bonchev–Trinajstić information content (AvgIpc) is 2.61. The van der Waals surface area contributed by atoms with Gasteiger partial charge in [0.05, 0.1) is 11.5 Å². The van der Waals surface area contributed by atoms with E-state index in [4.69, 9.17) is 9.47 Å². The Bertz CT molecular complexity index is 685. The number of hydrogen-bond donors (Lipinski definition) is 1. The van der Waals surface area contributed by atoms with Crippen molar-refractivity contribution in [3.8, 4) is 5.75 Å². The van der Waals surface area contributed by atoms with Gasteiger partial charge in [-0.2, -0.15) is 0 Å². The molecule has 3 rings (SSSR count). The van der Waals surface area contributed by atoms with Gasteiger partial charge in [-0.05, 0) is 24.5 Å². The van der Waals surface area contributed by atoms with E-state index in [9.17, 15) is 10.1 Å². The van der Waals surface area contributed by atoms with Crippen LogP contribution in [0.3, 0.4) is 0 Å². The molecule has 1 unspecified atom stereocenters. The quantitative estimate of drug-likeness (QED) is 0.638. The summed E-state index contributed by atoms with van der Waals surface area (Å²) in [4.78, 5) is 10.8. The van der Waals surface area contributed by atoms with Gasteiger partial charge in [-0.25, -0.2) is 0 Å². The highest BCUT2D eigenvalue weighted by Crippen LogP contribution is 2.30. The summed E-state index contributed by atoms with van der Waals surface area (Å²) >= 11 is 0. The zero-order valence-corrected chi connectivity index (χ0v) is 13.3. The lowest BCUT2D eigenvalue weighted by atomic mass is 10.2. The van der Waals surface area contributed by atoms with Crippen molar-refractivity contribution in [1.82, 2.24) is 0 Å². The predicted octanol–water partition coefficient (Wildman–Crippen LogP) is 4.11. The van der Waals surface area contributed by atoms with Crippen LogP contribution in [0.25, 0.3) is 0 Å². The van der Waals surface area contributed by atoms with Gasteiger partial charge in [0.1, 0.15) is 11.4 Å². The highest BCUT2D eigenvalue weighted by Gasteiger charge is 2.18. The molecule has 1 N–H and O–H groups in total. The predicted molar refractivity (Wildman–Crippen MR) is 91.1 cm³/mol. The van der Waals surface area contributed by atoms with Crippen LogP contribution in [-0.2, 0) is 11.3 Å². The second kappa shape index (κ2) is 7.79. The van der Waals surface area contributed by atoms with E-state index in [1.807, 2.05) is 30.3 Å². The van der Waals surface area contributed by atoms with E-state index in [0.29, 0.717) is 24.6 Å². The van der Waals surface area contributed by atoms with Crippen molar-refractivity contribution < 1.29 is 14.4 Å². The molecule has 0 bridgehead atoms. The molecule has 1 aliphatic heterocycles. The summed E-state index contributed by atoms with van der Waals surface area (Å²) in [6.07, 6.45) is 2.67. The number of hydrogen-bond acceptors (Lipinski definition) is 5. The fraction of sp³-hybridized carbons (Fsp3) is 0.333. The number of nitro benzene ring substituents is 1. The molecule has 126 valence electrons. The van der Waals surface area contributed by atoms with Gasteiger partial charge in [-0.1, -0.05) is 30.3 Å². The van der Waals surface area contributed by atoms with Crippen molar-refractivity contribution in [3.05, 3.63) is 64.2 Å². The van der Waals surface area contributed by atoms with Crippen molar-refractivity contribution in [2.45, 2.75) is 32.1 Å². The van der Waals surface area contributed by atoms with E-state index in [0.717, 1.165) is 24.8 Å². The van der Waals surface area contributed by atoms with Crippen molar-refractivity contribution in [3.63, 3.8) is 0 Å². The van der Waals surface area contributed by atoms with Crippen LogP contribution in [0.2, 0.25) is 0 Å². The summed E-state index contributed by atoms with van der Waals surface area (Å²) in [6.45, 7) is 1.20. The molecule has 2 aromatic rings. The maximum absolute atomic E-state index is 11.2. The first-order chi connectivity index (χ1) is 11.7. The standard InChI is InChI=1S/C18H20N2O4/c21-20(22)17-10-9-15(24-18-8-4-5-11-23-18)12-16(17)19-13-14-6-2-1-3-7-14/h1-3,6-7,9-10,12,18-19H,4-5,8,11,13H2. The first-order valence-electron chi connectivity index (χ1n) is 8.07. The summed E-state index contributed by atoms with van der Waals surface area (Å²) in [5.41, 5.74) is 1.52. The minimum absolute atomic E-state index is 0.0304. The molecule has 0 aliphatic carbocycles. The van der Waals surface area contributed by atoms with Crippen LogP contribution in [0.1, 0.15) is 24.8 Å². The van der Waals surface area contributed by atoms with Gasteiger partial charge in [0.25, 0.3) is 5.69 Å². The molecule has 2 aromatic carbocycles. The van der Waals surface area contributed by atoms with Gasteiger partial charge in [-0.3, -0.25) is 10.1 Å². The molecule has 0 aromatic heterocycles. The third-order valence-electron chi connectivity index (χ3n) is 3.90. The first kappa shape index (κ1) is 16.3. The molecule has 0 saturated carbocycles. The Hall–Kier alpha value is -2.60. The smallest absolute Gasteiger partial charge is 0.292 e. The van der Waals surface area contributed by atoms with E-state index >= 15 is 0 Å². The largest absolute Gasteiger partial charge is 0.465 e. The van der Waals surface area contributed by atoms with Crippen LogP contribution < -0.4 is 10.1 Å². The summed E-state index contributed by atoms with van der Waals surface area (Å²) in [6, 6.07) is 14.5. The Labute approximate surface area is 140 Å². The molecule has 6 nitrogen and oxygen atoms in total. The highest BCUT2D eigenvalue weighted by molar-refractivity contribution is 5.64. The molecule has 24 heavy (non-hydrogen) atoms. The van der Waals surface area contributed by atoms with Crippen LogP contribution in [0.4, 0.5) is 11.4 Å². The molecule has 1 heterocycles. The Balaban J connectivity index is 1.74. The van der Waals surface area contributed by atoms with Crippen molar-refractivity contribution in [2.75, 3.05) is 11.9 Å². The zero-order chi connectivity index (χ0) is 16.8. The number of ether oxygens (including phenoxy) is 2. The molecule has 1 fully saturated rings. The fourth-order valence-electron chi connectivity index (χ4n) is 2.64. The van der Waals surface area contributed by atoms with Crippen LogP contribution in [0.15, 0.2) is 48.5 Å². The van der Waals surface area contributed by atoms with Gasteiger partial charge in [0.2, 0.25) is 0 Å². The van der Waals surface area contributed by atoms with Gasteiger partial charge < -0.3 is 14.8 Å². The number of rotatable bonds is 6. The Kier molecular flexibility index (Phi) is 5.28. The summed E-state index contributed by atoms with van der Waals surface area (Å²) < 4.78 is 11.4. The van der Waals surface area contributed by atoms with E-state index in [1.165, 1.54) is 6.07 Å². The number of nitro groups is 1. The van der Waals surface area contributed by atoms with Gasteiger partial charge in [0, 0.05) is 25.1 Å². The van der Waals surface area contributed by atoms with Crippen molar-refractivity contribution in [1.29, 1.82) is 0 Å². The molecular weight excluding hydrogens is 308 g/mol. The lowest BCUT2D eigenvalue weighted by molar-refractivity contribution is -0.384. The first-order valence-corrected chi connectivity index (χ1v) is 8.07. The Morgan fingerprint density at radius 1 is 1.21 bits per heavy atom. The monoisotopic (exact) mass is 328 g/mol. The number of nitrogens with zero attached hydrogens (tertiary/aromatic N) is 1.